The fourth-order valence-corrected chi connectivity index (χ4v) is 7.14. The molecule has 39 heavy (non-hydrogen) atoms. The smallest absolute Gasteiger partial charge is 0.407 e. The molecule has 0 bridgehead atoms. The number of alkyl carbamates (subject to hydrolysis) is 1. The highest BCUT2D eigenvalue weighted by molar-refractivity contribution is 8.01. The molecule has 0 spiro atoms. The highest BCUT2D eigenvalue weighted by Crippen LogP contribution is 2.40. The zero-order chi connectivity index (χ0) is 28.0. The lowest BCUT2D eigenvalue weighted by atomic mass is 9.86. The fourth-order valence-electron chi connectivity index (χ4n) is 4.72. The predicted molar refractivity (Wildman–Crippen MR) is 159 cm³/mol. The van der Waals surface area contributed by atoms with Crippen molar-refractivity contribution in [2.24, 2.45) is 0 Å². The van der Waals surface area contributed by atoms with Crippen molar-refractivity contribution < 1.29 is 18.5 Å². The molecular formula is C29H38N4O4S2. The average Bonchev–Trinajstić information content (AvgIpc) is 3.38. The second kappa shape index (κ2) is 12.7. The molecule has 2 aromatic carbocycles. The lowest BCUT2D eigenvalue weighted by Crippen LogP contribution is -2.38. The molecule has 8 nitrogen and oxygen atoms in total. The molecule has 210 valence electrons. The van der Waals surface area contributed by atoms with E-state index in [-0.39, 0.29) is 24.3 Å². The number of nitrogens with zero attached hydrogens (tertiary/aromatic N) is 1. The number of nitrogens with one attached hydrogen (secondary N) is 3. The molecule has 1 aromatic heterocycles. The van der Waals surface area contributed by atoms with Crippen LogP contribution in [-0.4, -0.2) is 46.0 Å². The Morgan fingerprint density at radius 1 is 1.08 bits per heavy atom. The molecule has 3 N–H and O–H groups in total. The topological polar surface area (TPSA) is 109 Å². The third kappa shape index (κ3) is 8.12. The van der Waals surface area contributed by atoms with Gasteiger partial charge in [0.25, 0.3) is 0 Å². The number of rotatable bonds is 8. The first-order valence-electron chi connectivity index (χ1n) is 13.3. The number of carbonyl (C=O) groups is 2. The number of benzene rings is 2. The van der Waals surface area contributed by atoms with E-state index in [1.54, 1.807) is 23.8 Å². The Bertz CT molecular complexity index is 1330. The maximum absolute atomic E-state index is 13.3. The van der Waals surface area contributed by atoms with Gasteiger partial charge < -0.3 is 20.7 Å². The number of ether oxygens (including phenoxy) is 1. The minimum atomic E-state index is -2.65. The summed E-state index contributed by atoms with van der Waals surface area (Å²) in [4.78, 5) is 30.8. The summed E-state index contributed by atoms with van der Waals surface area (Å²) in [5, 5.41) is 9.75. The summed E-state index contributed by atoms with van der Waals surface area (Å²) in [6.07, 6.45) is 8.49. The number of anilines is 1. The molecule has 0 atom stereocenters. The van der Waals surface area contributed by atoms with E-state index in [4.69, 9.17) is 9.72 Å². The molecular weight excluding hydrogens is 532 g/mol. The van der Waals surface area contributed by atoms with Crippen LogP contribution in [0.25, 0.3) is 10.4 Å². The van der Waals surface area contributed by atoms with Gasteiger partial charge in [-0.05, 0) is 69.7 Å². The van der Waals surface area contributed by atoms with Crippen LogP contribution in [0.1, 0.15) is 56.0 Å². The minimum Gasteiger partial charge on any atom is -0.447 e. The maximum atomic E-state index is 13.3. The fraction of sp³-hybridized carbons (Fsp3) is 0.414. The van der Waals surface area contributed by atoms with E-state index in [1.807, 2.05) is 68.6 Å². The summed E-state index contributed by atoms with van der Waals surface area (Å²) in [6, 6.07) is 15.1. The van der Waals surface area contributed by atoms with Crippen LogP contribution in [0.2, 0.25) is 0 Å². The summed E-state index contributed by atoms with van der Waals surface area (Å²) >= 11 is 1.63. The van der Waals surface area contributed by atoms with Crippen molar-refractivity contribution in [1.29, 1.82) is 0 Å². The normalized spacial score (nSPS) is 17.9. The van der Waals surface area contributed by atoms with Crippen LogP contribution in [-0.2, 0) is 21.2 Å². The van der Waals surface area contributed by atoms with Gasteiger partial charge in [-0.3, -0.25) is 4.21 Å². The van der Waals surface area contributed by atoms with Crippen LogP contribution in [0.3, 0.4) is 0 Å². The Morgan fingerprint density at radius 3 is 2.46 bits per heavy atom. The Labute approximate surface area is 235 Å². The zero-order valence-electron chi connectivity index (χ0n) is 22.9. The molecule has 0 saturated heterocycles. The van der Waals surface area contributed by atoms with Crippen LogP contribution >= 0.6 is 11.3 Å². The van der Waals surface area contributed by atoms with Gasteiger partial charge in [0.2, 0.25) is 0 Å². The van der Waals surface area contributed by atoms with Crippen LogP contribution in [0, 0.1) is 0 Å². The number of hydrogen-bond donors (Lipinski definition) is 4. The van der Waals surface area contributed by atoms with Crippen LogP contribution in [0.5, 0.6) is 0 Å². The van der Waals surface area contributed by atoms with Gasteiger partial charge in [0.1, 0.15) is 0 Å². The van der Waals surface area contributed by atoms with Crippen LogP contribution in [0.15, 0.2) is 59.6 Å². The zero-order valence-corrected chi connectivity index (χ0v) is 24.6. The summed E-state index contributed by atoms with van der Waals surface area (Å²) in [5.74, 6) is 0.329. The van der Waals surface area contributed by atoms with Crippen molar-refractivity contribution in [2.75, 3.05) is 17.8 Å². The van der Waals surface area contributed by atoms with E-state index in [0.717, 1.165) is 51.6 Å². The van der Waals surface area contributed by atoms with E-state index in [1.165, 1.54) is 0 Å². The van der Waals surface area contributed by atoms with Crippen molar-refractivity contribution in [3.05, 3.63) is 65.3 Å². The second-order valence-corrected chi connectivity index (χ2v) is 14.8. The monoisotopic (exact) mass is 570 g/mol. The standard InChI is InChI=1S/C29H38N4O4S2/c1-19(2)37-29(35)33-22-12-10-21(11-13-22)27-30-18-25(38-27)24-15-14-23(16-26(24)39(3,4)36)32-28(34)31-17-20-8-6-5-7-9-20/h5-9,14-16,18-19,21-22,39H,10-13,17H2,1-4H3,(H,33,35)(H2,31,32,34). The van der Waals surface area contributed by atoms with Gasteiger partial charge in [0, 0.05) is 40.8 Å². The first kappa shape index (κ1) is 28.8. The molecule has 0 unspecified atom stereocenters. The summed E-state index contributed by atoms with van der Waals surface area (Å²) < 4.78 is 18.5. The summed E-state index contributed by atoms with van der Waals surface area (Å²) in [7, 11) is -2.65. The van der Waals surface area contributed by atoms with Gasteiger partial charge in [0.05, 0.1) is 16.0 Å². The number of urea groups is 1. The maximum Gasteiger partial charge on any atom is 0.407 e. The molecule has 1 aliphatic carbocycles. The first-order chi connectivity index (χ1) is 18.6. The van der Waals surface area contributed by atoms with E-state index in [2.05, 4.69) is 16.0 Å². The van der Waals surface area contributed by atoms with Gasteiger partial charge in [-0.15, -0.1) is 11.3 Å². The van der Waals surface area contributed by atoms with E-state index in [0.29, 0.717) is 18.2 Å². The Morgan fingerprint density at radius 2 is 1.79 bits per heavy atom. The molecule has 3 aromatic rings. The van der Waals surface area contributed by atoms with Crippen molar-refractivity contribution in [3.63, 3.8) is 0 Å². The lowest BCUT2D eigenvalue weighted by molar-refractivity contribution is 0.109. The van der Waals surface area contributed by atoms with E-state index >= 15 is 0 Å². The van der Waals surface area contributed by atoms with Crippen LogP contribution < -0.4 is 16.0 Å². The van der Waals surface area contributed by atoms with Crippen molar-refractivity contribution in [3.8, 4) is 10.4 Å². The highest BCUT2D eigenvalue weighted by Gasteiger charge is 2.27. The van der Waals surface area contributed by atoms with Gasteiger partial charge in [-0.1, -0.05) is 46.3 Å². The number of carbonyl (C=O) groups excluding carboxylic acids is 2. The van der Waals surface area contributed by atoms with Gasteiger partial charge in [0.15, 0.2) is 0 Å². The van der Waals surface area contributed by atoms with Crippen molar-refractivity contribution in [2.45, 2.75) is 69.0 Å². The minimum absolute atomic E-state index is 0.120. The lowest BCUT2D eigenvalue weighted by Gasteiger charge is -2.28. The molecule has 1 aliphatic rings. The largest absolute Gasteiger partial charge is 0.447 e. The van der Waals surface area contributed by atoms with E-state index < -0.39 is 9.93 Å². The molecule has 4 rings (SSSR count). The number of thiazole rings is 1. The SMILES string of the molecule is CC(C)OC(=O)NC1CCC(c2ncc(-c3ccc(NC(=O)NCc4ccccc4)cc3[SH](C)(C)=O)s2)CC1. The van der Waals surface area contributed by atoms with Crippen molar-refractivity contribution >= 4 is 39.1 Å². The quantitative estimate of drug-likeness (QED) is 0.251. The molecule has 10 heteroatoms. The predicted octanol–water partition coefficient (Wildman–Crippen LogP) is 5.93. The number of hydrogen-bond acceptors (Lipinski definition) is 6. The molecule has 1 fully saturated rings. The molecule has 3 amide bonds. The third-order valence-electron chi connectivity index (χ3n) is 6.66. The van der Waals surface area contributed by atoms with Gasteiger partial charge in [-0.25, -0.2) is 14.6 Å². The summed E-state index contributed by atoms with van der Waals surface area (Å²) in [6.45, 7) is 4.10. The van der Waals surface area contributed by atoms with E-state index in [9.17, 15) is 13.8 Å². The Hall–Kier alpha value is -3.24. The third-order valence-corrected chi connectivity index (χ3v) is 9.39. The molecule has 1 saturated carbocycles. The molecule has 0 radical (unpaired) electrons. The number of thiol groups is 1. The highest BCUT2D eigenvalue weighted by atomic mass is 32.2. The number of aromatic nitrogens is 1. The van der Waals surface area contributed by atoms with Gasteiger partial charge in [-0.2, -0.15) is 0 Å². The van der Waals surface area contributed by atoms with Crippen LogP contribution in [0.4, 0.5) is 15.3 Å². The Kier molecular flexibility index (Phi) is 9.40. The first-order valence-corrected chi connectivity index (χ1v) is 16.7. The molecule has 0 aliphatic heterocycles. The van der Waals surface area contributed by atoms with Crippen molar-refractivity contribution in [1.82, 2.24) is 15.6 Å². The second-order valence-electron chi connectivity index (χ2n) is 10.6. The van der Waals surface area contributed by atoms with Gasteiger partial charge >= 0.3 is 12.1 Å². The number of amides is 3. The average molecular weight is 571 g/mol. The Balaban J connectivity index is 1.41. The molecule has 1 heterocycles. The summed E-state index contributed by atoms with van der Waals surface area (Å²) in [5.41, 5.74) is 2.48.